The summed E-state index contributed by atoms with van der Waals surface area (Å²) in [4.78, 5) is 12.1. The lowest BCUT2D eigenvalue weighted by Crippen LogP contribution is -2.31. The minimum absolute atomic E-state index is 0.00751. The smallest absolute Gasteiger partial charge is 0.244 e. The van der Waals surface area contributed by atoms with Gasteiger partial charge in [0.05, 0.1) is 11.6 Å². The molecule has 0 aliphatic heterocycles. The van der Waals surface area contributed by atoms with Crippen LogP contribution in [0.15, 0.2) is 47.4 Å². The van der Waals surface area contributed by atoms with Crippen molar-refractivity contribution in [2.45, 2.75) is 18.7 Å². The molecule has 0 radical (unpaired) electrons. The number of halogens is 2. The lowest BCUT2D eigenvalue weighted by atomic mass is 10.3. The molecular weight excluding hydrogens is 409 g/mol. The van der Waals surface area contributed by atoms with Gasteiger partial charge in [-0.25, -0.2) is 8.42 Å². The van der Waals surface area contributed by atoms with Crippen molar-refractivity contribution in [1.29, 1.82) is 0 Å². The Labute approximate surface area is 169 Å². The van der Waals surface area contributed by atoms with Gasteiger partial charge in [-0.05, 0) is 36.4 Å². The van der Waals surface area contributed by atoms with Gasteiger partial charge in [0.25, 0.3) is 0 Å². The molecule has 0 aliphatic rings. The Morgan fingerprint density at radius 2 is 1.74 bits per heavy atom. The second kappa shape index (κ2) is 9.41. The van der Waals surface area contributed by atoms with Crippen molar-refractivity contribution in [3.05, 3.63) is 52.5 Å². The fraction of sp³-hybridized carbons (Fsp3) is 0.278. The van der Waals surface area contributed by atoms with Gasteiger partial charge in [-0.3, -0.25) is 4.79 Å². The Bertz CT molecular complexity index is 916. The second-order valence-corrected chi connectivity index (χ2v) is 8.40. The molecule has 0 aliphatic carbocycles. The van der Waals surface area contributed by atoms with Crippen LogP contribution in [0.2, 0.25) is 10.0 Å². The number of sulfonamides is 1. The number of hydrogen-bond donors (Lipinski definition) is 2. The molecule has 0 atom stereocenters. The van der Waals surface area contributed by atoms with Crippen molar-refractivity contribution < 1.29 is 13.2 Å². The summed E-state index contributed by atoms with van der Waals surface area (Å²) in [6, 6.07) is 11.3. The van der Waals surface area contributed by atoms with Gasteiger partial charge in [0.2, 0.25) is 15.9 Å². The number of carbonyl (C=O) groups excluding carboxylic acids is 1. The van der Waals surface area contributed by atoms with Crippen molar-refractivity contribution >= 4 is 50.5 Å². The average Bonchev–Trinajstić information content (AvgIpc) is 2.61. The van der Waals surface area contributed by atoms with Gasteiger partial charge in [0.15, 0.2) is 0 Å². The first-order chi connectivity index (χ1) is 12.8. The van der Waals surface area contributed by atoms with E-state index in [-0.39, 0.29) is 22.4 Å². The summed E-state index contributed by atoms with van der Waals surface area (Å²) in [6.45, 7) is 4.16. The maximum Gasteiger partial charge on any atom is 0.244 e. The predicted molar refractivity (Wildman–Crippen MR) is 110 cm³/mol. The van der Waals surface area contributed by atoms with E-state index in [0.717, 1.165) is 0 Å². The zero-order valence-corrected chi connectivity index (χ0v) is 17.3. The van der Waals surface area contributed by atoms with Gasteiger partial charge in [0, 0.05) is 29.5 Å². The first-order valence-electron chi connectivity index (χ1n) is 8.37. The first kappa shape index (κ1) is 21.5. The normalized spacial score (nSPS) is 11.4. The van der Waals surface area contributed by atoms with Gasteiger partial charge in [0.1, 0.15) is 4.90 Å². The second-order valence-electron chi connectivity index (χ2n) is 5.65. The van der Waals surface area contributed by atoms with E-state index >= 15 is 0 Å². The van der Waals surface area contributed by atoms with Crippen LogP contribution in [0.1, 0.15) is 13.8 Å². The fourth-order valence-electron chi connectivity index (χ4n) is 2.47. The maximum absolute atomic E-state index is 12.7. The Morgan fingerprint density at radius 1 is 1.04 bits per heavy atom. The molecule has 0 spiro atoms. The highest BCUT2D eigenvalue weighted by Gasteiger charge is 2.24. The summed E-state index contributed by atoms with van der Waals surface area (Å²) in [5, 5.41) is 6.27. The van der Waals surface area contributed by atoms with E-state index in [4.69, 9.17) is 23.2 Å². The van der Waals surface area contributed by atoms with Gasteiger partial charge in [-0.15, -0.1) is 0 Å². The molecule has 0 fully saturated rings. The predicted octanol–water partition coefficient (Wildman–Crippen LogP) is 4.07. The molecule has 146 valence electrons. The third-order valence-corrected chi connectivity index (χ3v) is 6.58. The Morgan fingerprint density at radius 3 is 2.37 bits per heavy atom. The summed E-state index contributed by atoms with van der Waals surface area (Å²) < 4.78 is 26.7. The Kier molecular flexibility index (Phi) is 7.49. The van der Waals surface area contributed by atoms with Gasteiger partial charge < -0.3 is 10.6 Å². The number of amides is 1. The van der Waals surface area contributed by atoms with Crippen molar-refractivity contribution in [3.63, 3.8) is 0 Å². The summed E-state index contributed by atoms with van der Waals surface area (Å²) in [5.74, 6) is -0.291. The third kappa shape index (κ3) is 5.59. The number of rotatable bonds is 8. The van der Waals surface area contributed by atoms with Crippen LogP contribution in [0.4, 0.5) is 11.4 Å². The zero-order valence-electron chi connectivity index (χ0n) is 15.0. The topological polar surface area (TPSA) is 78.5 Å². The van der Waals surface area contributed by atoms with E-state index in [0.29, 0.717) is 29.5 Å². The van der Waals surface area contributed by atoms with E-state index in [1.165, 1.54) is 16.4 Å². The third-order valence-electron chi connectivity index (χ3n) is 3.82. The lowest BCUT2D eigenvalue weighted by molar-refractivity contribution is -0.114. The molecule has 2 aromatic rings. The summed E-state index contributed by atoms with van der Waals surface area (Å²) in [6.07, 6.45) is 0. The highest BCUT2D eigenvalue weighted by Crippen LogP contribution is 2.27. The van der Waals surface area contributed by atoms with Gasteiger partial charge >= 0.3 is 0 Å². The SMILES string of the molecule is CCN(CC)S(=O)(=O)c1cc(NCC(=O)Nc2cccc(Cl)c2)ccc1Cl. The van der Waals surface area contributed by atoms with Gasteiger partial charge in [-0.2, -0.15) is 4.31 Å². The van der Waals surface area contributed by atoms with Crippen LogP contribution in [-0.4, -0.2) is 38.3 Å². The molecule has 0 saturated heterocycles. The number of benzene rings is 2. The number of carbonyl (C=O) groups is 1. The zero-order chi connectivity index (χ0) is 20.0. The number of anilines is 2. The van der Waals surface area contributed by atoms with E-state index in [1.807, 2.05) is 0 Å². The van der Waals surface area contributed by atoms with Crippen molar-refractivity contribution in [1.82, 2.24) is 4.31 Å². The molecular formula is C18H21Cl2N3O3S. The molecule has 0 bridgehead atoms. The summed E-state index contributed by atoms with van der Waals surface area (Å²) >= 11 is 12.0. The van der Waals surface area contributed by atoms with Crippen LogP contribution in [0.25, 0.3) is 0 Å². The molecule has 2 rings (SSSR count). The van der Waals surface area contributed by atoms with Crippen molar-refractivity contribution in [2.24, 2.45) is 0 Å². The largest absolute Gasteiger partial charge is 0.376 e. The quantitative estimate of drug-likeness (QED) is 0.662. The van der Waals surface area contributed by atoms with Crippen LogP contribution in [-0.2, 0) is 14.8 Å². The molecule has 1 amide bonds. The fourth-order valence-corrected chi connectivity index (χ4v) is 4.62. The minimum Gasteiger partial charge on any atom is -0.376 e. The highest BCUT2D eigenvalue weighted by atomic mass is 35.5. The van der Waals surface area contributed by atoms with Crippen LogP contribution in [0, 0.1) is 0 Å². The molecule has 6 nitrogen and oxygen atoms in total. The van der Waals surface area contributed by atoms with Crippen LogP contribution >= 0.6 is 23.2 Å². The van der Waals surface area contributed by atoms with Crippen LogP contribution in [0.5, 0.6) is 0 Å². The monoisotopic (exact) mass is 429 g/mol. The average molecular weight is 430 g/mol. The van der Waals surface area contributed by atoms with E-state index in [9.17, 15) is 13.2 Å². The van der Waals surface area contributed by atoms with Crippen LogP contribution in [0.3, 0.4) is 0 Å². The lowest BCUT2D eigenvalue weighted by Gasteiger charge is -2.20. The molecule has 27 heavy (non-hydrogen) atoms. The molecule has 0 heterocycles. The molecule has 0 saturated carbocycles. The minimum atomic E-state index is -3.70. The van der Waals surface area contributed by atoms with E-state index in [1.54, 1.807) is 44.2 Å². The molecule has 0 unspecified atom stereocenters. The Hall–Kier alpha value is -1.80. The number of hydrogen-bond acceptors (Lipinski definition) is 4. The van der Waals surface area contributed by atoms with E-state index < -0.39 is 10.0 Å². The standard InChI is InChI=1S/C18H21Cl2N3O3S/c1-3-23(4-2)27(25,26)17-11-14(8-9-16(17)20)21-12-18(24)22-15-7-5-6-13(19)10-15/h5-11,21H,3-4,12H2,1-2H3,(H,22,24). The first-order valence-corrected chi connectivity index (χ1v) is 10.6. The molecule has 2 N–H and O–H groups in total. The van der Waals surface area contributed by atoms with Crippen molar-refractivity contribution in [2.75, 3.05) is 30.3 Å². The molecule has 9 heteroatoms. The van der Waals surface area contributed by atoms with Gasteiger partial charge in [-0.1, -0.05) is 43.1 Å². The number of nitrogens with one attached hydrogen (secondary N) is 2. The molecule has 2 aromatic carbocycles. The van der Waals surface area contributed by atoms with Crippen LogP contribution < -0.4 is 10.6 Å². The Balaban J connectivity index is 2.11. The maximum atomic E-state index is 12.7. The summed E-state index contributed by atoms with van der Waals surface area (Å²) in [7, 11) is -3.70. The summed E-state index contributed by atoms with van der Waals surface area (Å²) in [5.41, 5.74) is 1.06. The highest BCUT2D eigenvalue weighted by molar-refractivity contribution is 7.89. The molecule has 0 aromatic heterocycles. The van der Waals surface area contributed by atoms with Crippen molar-refractivity contribution in [3.8, 4) is 0 Å². The van der Waals surface area contributed by atoms with E-state index in [2.05, 4.69) is 10.6 Å². The number of nitrogens with zero attached hydrogens (tertiary/aromatic N) is 1.